The lowest BCUT2D eigenvalue weighted by molar-refractivity contribution is 0.0662. The van der Waals surface area contributed by atoms with Crippen LogP contribution in [0.4, 0.5) is 0 Å². The van der Waals surface area contributed by atoms with Crippen LogP contribution in [0, 0.1) is 0 Å². The molecular formula is C16H20N4O4. The number of rotatable bonds is 3. The molecule has 1 fully saturated rings. The van der Waals surface area contributed by atoms with Gasteiger partial charge < -0.3 is 14.6 Å². The molecule has 1 saturated heterocycles. The quantitative estimate of drug-likeness (QED) is 0.924. The molecule has 2 aliphatic heterocycles. The first kappa shape index (κ1) is 15.2. The summed E-state index contributed by atoms with van der Waals surface area (Å²) < 4.78 is 14.6. The van der Waals surface area contributed by atoms with E-state index in [0.717, 1.165) is 32.5 Å². The molecule has 0 bridgehead atoms. The molecule has 4 rings (SSSR count). The molecule has 1 N–H and O–H groups in total. The molecule has 0 amide bonds. The first-order valence-electron chi connectivity index (χ1n) is 8.26. The van der Waals surface area contributed by atoms with Crippen molar-refractivity contribution in [3.8, 4) is 17.1 Å². The van der Waals surface area contributed by atoms with Gasteiger partial charge in [0.05, 0.1) is 18.3 Å². The molecular weight excluding hydrogens is 312 g/mol. The Balaban J connectivity index is 1.71. The average molecular weight is 332 g/mol. The second kappa shape index (κ2) is 5.94. The molecule has 0 saturated carbocycles. The Morgan fingerprint density at radius 1 is 1.33 bits per heavy atom. The highest BCUT2D eigenvalue weighted by molar-refractivity contribution is 5.97. The van der Waals surface area contributed by atoms with Crippen LogP contribution < -0.4 is 4.74 Å². The van der Waals surface area contributed by atoms with Gasteiger partial charge in [-0.15, -0.1) is 0 Å². The fourth-order valence-electron chi connectivity index (χ4n) is 3.28. The molecule has 1 atom stereocenters. The van der Waals surface area contributed by atoms with E-state index in [1.165, 1.54) is 0 Å². The lowest BCUT2D eigenvalue weighted by Crippen LogP contribution is -2.24. The van der Waals surface area contributed by atoms with Gasteiger partial charge in [0.15, 0.2) is 0 Å². The molecule has 24 heavy (non-hydrogen) atoms. The van der Waals surface area contributed by atoms with Crippen molar-refractivity contribution in [1.29, 1.82) is 0 Å². The summed E-state index contributed by atoms with van der Waals surface area (Å²) in [5.74, 6) is -0.686. The van der Waals surface area contributed by atoms with Crippen molar-refractivity contribution in [3.63, 3.8) is 0 Å². The Labute approximate surface area is 139 Å². The summed E-state index contributed by atoms with van der Waals surface area (Å²) in [5, 5.41) is 18.5. The van der Waals surface area contributed by atoms with Crippen molar-refractivity contribution in [2.24, 2.45) is 0 Å². The van der Waals surface area contributed by atoms with Crippen LogP contribution in [-0.4, -0.2) is 50.0 Å². The second-order valence-electron chi connectivity index (χ2n) is 6.33. The highest BCUT2D eigenvalue weighted by Crippen LogP contribution is 2.34. The monoisotopic (exact) mass is 332 g/mol. The number of aryl methyl sites for hydroxylation is 1. The van der Waals surface area contributed by atoms with Crippen LogP contribution in [0.1, 0.15) is 42.6 Å². The molecule has 2 aliphatic rings. The fraction of sp³-hybridized carbons (Fsp3) is 0.562. The number of fused-ring (bicyclic) bond motifs is 1. The van der Waals surface area contributed by atoms with E-state index in [9.17, 15) is 9.90 Å². The summed E-state index contributed by atoms with van der Waals surface area (Å²) in [6.45, 7) is 4.05. The Bertz CT molecular complexity index is 760. The lowest BCUT2D eigenvalue weighted by atomic mass is 10.1. The Morgan fingerprint density at radius 3 is 2.88 bits per heavy atom. The molecule has 0 radical (unpaired) electrons. The van der Waals surface area contributed by atoms with Crippen LogP contribution in [0.15, 0.2) is 12.4 Å². The predicted molar refractivity (Wildman–Crippen MR) is 84.2 cm³/mol. The maximum Gasteiger partial charge on any atom is 0.343 e. The van der Waals surface area contributed by atoms with E-state index in [1.54, 1.807) is 10.9 Å². The maximum absolute atomic E-state index is 11.8. The minimum Gasteiger partial charge on any atom is -0.477 e. The van der Waals surface area contributed by atoms with E-state index in [4.69, 9.17) is 9.47 Å². The summed E-state index contributed by atoms with van der Waals surface area (Å²) in [4.78, 5) is 11.8. The van der Waals surface area contributed by atoms with E-state index in [2.05, 4.69) is 10.2 Å². The van der Waals surface area contributed by atoms with Gasteiger partial charge in [-0.3, -0.25) is 4.68 Å². The number of carbonyl (C=O) groups is 1. The van der Waals surface area contributed by atoms with E-state index < -0.39 is 5.97 Å². The fourth-order valence-corrected chi connectivity index (χ4v) is 3.28. The van der Waals surface area contributed by atoms with Gasteiger partial charge in [0.2, 0.25) is 5.88 Å². The van der Waals surface area contributed by atoms with Gasteiger partial charge in [0, 0.05) is 37.9 Å². The molecule has 8 heteroatoms. The lowest BCUT2D eigenvalue weighted by Gasteiger charge is -2.22. The van der Waals surface area contributed by atoms with Crippen LogP contribution in [0.5, 0.6) is 5.88 Å². The van der Waals surface area contributed by atoms with Gasteiger partial charge in [0.1, 0.15) is 11.3 Å². The van der Waals surface area contributed by atoms with Crippen LogP contribution >= 0.6 is 0 Å². The van der Waals surface area contributed by atoms with Gasteiger partial charge in [-0.1, -0.05) is 0 Å². The van der Waals surface area contributed by atoms with Crippen molar-refractivity contribution >= 4 is 5.97 Å². The van der Waals surface area contributed by atoms with E-state index in [-0.39, 0.29) is 17.7 Å². The second-order valence-corrected chi connectivity index (χ2v) is 6.33. The third kappa shape index (κ3) is 2.56. The molecule has 8 nitrogen and oxygen atoms in total. The maximum atomic E-state index is 11.8. The third-order valence-corrected chi connectivity index (χ3v) is 4.62. The standard InChI is InChI=1S/C16H20N4O4/c1-10-2-5-19-15(24-10)13(16(21)22)14(18-19)11-8-17-20(9-11)12-3-6-23-7-4-12/h8-10,12H,2-7H2,1H3,(H,21,22)/t10-/m1/s1. The number of hydrogen-bond acceptors (Lipinski definition) is 5. The average Bonchev–Trinajstić information content (AvgIpc) is 3.19. The van der Waals surface area contributed by atoms with Crippen molar-refractivity contribution < 1.29 is 19.4 Å². The molecule has 2 aromatic heterocycles. The highest BCUT2D eigenvalue weighted by atomic mass is 16.5. The Morgan fingerprint density at radius 2 is 2.12 bits per heavy atom. The van der Waals surface area contributed by atoms with Gasteiger partial charge >= 0.3 is 5.97 Å². The number of nitrogens with zero attached hydrogens (tertiary/aromatic N) is 4. The summed E-state index contributed by atoms with van der Waals surface area (Å²) >= 11 is 0. The predicted octanol–water partition coefficient (Wildman–Crippen LogP) is 1.97. The summed E-state index contributed by atoms with van der Waals surface area (Å²) in [6.07, 6.45) is 6.18. The van der Waals surface area contributed by atoms with Gasteiger partial charge in [-0.05, 0) is 19.8 Å². The topological polar surface area (TPSA) is 91.4 Å². The molecule has 0 aliphatic carbocycles. The molecule has 0 aromatic carbocycles. The van der Waals surface area contributed by atoms with Crippen molar-refractivity contribution in [1.82, 2.24) is 19.6 Å². The Kier molecular flexibility index (Phi) is 3.76. The van der Waals surface area contributed by atoms with Crippen molar-refractivity contribution in [2.45, 2.75) is 44.9 Å². The zero-order valence-electron chi connectivity index (χ0n) is 13.5. The number of aromatic carboxylic acids is 1. The van der Waals surface area contributed by atoms with Gasteiger partial charge in [-0.25, -0.2) is 9.48 Å². The first-order valence-corrected chi connectivity index (χ1v) is 8.26. The minimum atomic E-state index is -1.03. The number of carboxylic acid groups (broad SMARTS) is 1. The van der Waals surface area contributed by atoms with Crippen LogP contribution in [0.3, 0.4) is 0 Å². The van der Waals surface area contributed by atoms with Crippen molar-refractivity contribution in [3.05, 3.63) is 18.0 Å². The smallest absolute Gasteiger partial charge is 0.343 e. The first-order chi connectivity index (χ1) is 11.6. The van der Waals surface area contributed by atoms with E-state index >= 15 is 0 Å². The zero-order chi connectivity index (χ0) is 16.7. The van der Waals surface area contributed by atoms with Crippen molar-refractivity contribution in [2.75, 3.05) is 13.2 Å². The largest absolute Gasteiger partial charge is 0.477 e. The molecule has 128 valence electrons. The van der Waals surface area contributed by atoms with Crippen LogP contribution in [0.2, 0.25) is 0 Å². The SMILES string of the molecule is C[C@@H]1CCn2nc(-c3cnn(C4CCOCC4)c3)c(C(=O)O)c2O1. The molecule has 4 heterocycles. The molecule has 2 aromatic rings. The molecule has 0 unspecified atom stereocenters. The summed E-state index contributed by atoms with van der Waals surface area (Å²) in [7, 11) is 0. The number of ether oxygens (including phenoxy) is 2. The van der Waals surface area contributed by atoms with Crippen LogP contribution in [0.25, 0.3) is 11.3 Å². The normalized spacial score (nSPS) is 21.3. The molecule has 0 spiro atoms. The highest BCUT2D eigenvalue weighted by Gasteiger charge is 2.30. The number of aromatic nitrogens is 4. The summed E-state index contributed by atoms with van der Waals surface area (Å²) in [6, 6.07) is 0.286. The van der Waals surface area contributed by atoms with Gasteiger partial charge in [0.25, 0.3) is 0 Å². The Hall–Kier alpha value is -2.35. The van der Waals surface area contributed by atoms with Crippen LogP contribution in [-0.2, 0) is 11.3 Å². The zero-order valence-corrected chi connectivity index (χ0v) is 13.5. The number of carboxylic acids is 1. The van der Waals surface area contributed by atoms with E-state index in [0.29, 0.717) is 23.7 Å². The summed E-state index contributed by atoms with van der Waals surface area (Å²) in [5.41, 5.74) is 1.25. The number of hydrogen-bond donors (Lipinski definition) is 1. The van der Waals surface area contributed by atoms with E-state index in [1.807, 2.05) is 17.8 Å². The van der Waals surface area contributed by atoms with Gasteiger partial charge in [-0.2, -0.15) is 10.2 Å². The minimum absolute atomic E-state index is 0.00916. The third-order valence-electron chi connectivity index (χ3n) is 4.62.